The number of piperidine rings is 1. The second kappa shape index (κ2) is 8.78. The molecule has 0 aromatic heterocycles. The van der Waals surface area contributed by atoms with Crippen molar-refractivity contribution in [1.29, 1.82) is 0 Å². The minimum absolute atomic E-state index is 0.00137. The number of Topliss-reactive ketones (excluding diaryl/α,β-unsaturated/α-hetero) is 1. The highest BCUT2D eigenvalue weighted by molar-refractivity contribution is 5.98. The van der Waals surface area contributed by atoms with Crippen LogP contribution in [0.3, 0.4) is 0 Å². The van der Waals surface area contributed by atoms with E-state index in [1.165, 1.54) is 5.56 Å². The number of benzene rings is 1. The van der Waals surface area contributed by atoms with Crippen LogP contribution in [0.15, 0.2) is 24.3 Å². The number of nitrogens with zero attached hydrogens (tertiary/aromatic N) is 1. The number of carbonyl (C=O) groups is 2. The summed E-state index contributed by atoms with van der Waals surface area (Å²) < 4.78 is 10.8. The average molecular weight is 359 g/mol. The van der Waals surface area contributed by atoms with Gasteiger partial charge >= 0.3 is 0 Å². The Balaban J connectivity index is 1.52. The Morgan fingerprint density at radius 3 is 2.38 bits per heavy atom. The normalized spacial score (nSPS) is 21.8. The van der Waals surface area contributed by atoms with E-state index in [1.807, 2.05) is 17.0 Å². The Labute approximate surface area is 155 Å². The van der Waals surface area contributed by atoms with E-state index in [4.69, 9.17) is 9.47 Å². The minimum Gasteiger partial charge on any atom is -0.376 e. The molecule has 26 heavy (non-hydrogen) atoms. The molecule has 2 aliphatic heterocycles. The van der Waals surface area contributed by atoms with Crippen LogP contribution in [0.4, 0.5) is 0 Å². The Morgan fingerprint density at radius 2 is 1.81 bits per heavy atom. The molecule has 1 aromatic carbocycles. The molecule has 1 aromatic rings. The SMILES string of the molecule is CC(C)Cc1ccc(C(=O)C2CCN(C(=O)[C@H]3COCCO3)CC2)cc1. The van der Waals surface area contributed by atoms with Gasteiger partial charge in [-0.15, -0.1) is 0 Å². The van der Waals surface area contributed by atoms with Crippen LogP contribution >= 0.6 is 0 Å². The molecule has 2 fully saturated rings. The van der Waals surface area contributed by atoms with E-state index >= 15 is 0 Å². The number of ketones is 1. The standard InChI is InChI=1S/C21H29NO4/c1-15(2)13-16-3-5-17(6-4-16)20(23)18-7-9-22(10-8-18)21(24)19-14-25-11-12-26-19/h3-6,15,18-19H,7-14H2,1-2H3/t19-/m1/s1. The van der Waals surface area contributed by atoms with E-state index in [1.54, 1.807) is 0 Å². The third kappa shape index (κ3) is 4.71. The van der Waals surface area contributed by atoms with Crippen molar-refractivity contribution in [2.24, 2.45) is 11.8 Å². The van der Waals surface area contributed by atoms with Crippen LogP contribution < -0.4 is 0 Å². The molecule has 3 rings (SSSR count). The fraction of sp³-hybridized carbons (Fsp3) is 0.619. The summed E-state index contributed by atoms with van der Waals surface area (Å²) in [4.78, 5) is 27.0. The van der Waals surface area contributed by atoms with Crippen LogP contribution in [0.25, 0.3) is 0 Å². The van der Waals surface area contributed by atoms with Crippen molar-refractivity contribution in [2.75, 3.05) is 32.9 Å². The number of hydrogen-bond donors (Lipinski definition) is 0. The molecule has 2 aliphatic rings. The summed E-state index contributed by atoms with van der Waals surface area (Å²) in [6, 6.07) is 8.02. The zero-order valence-corrected chi connectivity index (χ0v) is 15.8. The smallest absolute Gasteiger partial charge is 0.254 e. The lowest BCUT2D eigenvalue weighted by Gasteiger charge is -2.34. The molecule has 0 radical (unpaired) electrons. The van der Waals surface area contributed by atoms with Gasteiger partial charge in [0.1, 0.15) is 0 Å². The first-order chi connectivity index (χ1) is 12.5. The Morgan fingerprint density at radius 1 is 1.12 bits per heavy atom. The molecule has 0 aliphatic carbocycles. The van der Waals surface area contributed by atoms with Crippen LogP contribution in [-0.4, -0.2) is 55.6 Å². The van der Waals surface area contributed by atoms with Crippen molar-refractivity contribution < 1.29 is 19.1 Å². The number of likely N-dealkylation sites (tertiary alicyclic amines) is 1. The zero-order valence-electron chi connectivity index (χ0n) is 15.8. The number of amides is 1. The molecule has 1 atom stereocenters. The van der Waals surface area contributed by atoms with E-state index in [0.29, 0.717) is 51.7 Å². The Bertz CT molecular complexity index is 611. The molecule has 0 bridgehead atoms. The van der Waals surface area contributed by atoms with Gasteiger partial charge in [-0.25, -0.2) is 0 Å². The Hall–Kier alpha value is -1.72. The molecular formula is C21H29NO4. The Kier molecular flexibility index (Phi) is 6.43. The maximum Gasteiger partial charge on any atom is 0.254 e. The minimum atomic E-state index is -0.482. The van der Waals surface area contributed by atoms with Crippen LogP contribution in [0.5, 0.6) is 0 Å². The van der Waals surface area contributed by atoms with E-state index < -0.39 is 6.10 Å². The highest BCUT2D eigenvalue weighted by atomic mass is 16.6. The van der Waals surface area contributed by atoms with Gasteiger partial charge in [-0.2, -0.15) is 0 Å². The van der Waals surface area contributed by atoms with Crippen molar-refractivity contribution in [3.63, 3.8) is 0 Å². The monoisotopic (exact) mass is 359 g/mol. The summed E-state index contributed by atoms with van der Waals surface area (Å²) >= 11 is 0. The van der Waals surface area contributed by atoms with E-state index in [2.05, 4.69) is 26.0 Å². The molecule has 5 nitrogen and oxygen atoms in total. The first-order valence-electron chi connectivity index (χ1n) is 9.66. The fourth-order valence-corrected chi connectivity index (χ4v) is 3.71. The van der Waals surface area contributed by atoms with Crippen molar-refractivity contribution >= 4 is 11.7 Å². The number of carbonyl (C=O) groups excluding carboxylic acids is 2. The van der Waals surface area contributed by atoms with Crippen LogP contribution in [0.1, 0.15) is 42.6 Å². The lowest BCUT2D eigenvalue weighted by atomic mass is 9.88. The maximum atomic E-state index is 12.8. The number of rotatable bonds is 5. The number of ether oxygens (including phenoxy) is 2. The van der Waals surface area contributed by atoms with Gasteiger partial charge in [0, 0.05) is 24.6 Å². The molecule has 142 valence electrons. The molecule has 0 unspecified atom stereocenters. The second-order valence-electron chi connectivity index (χ2n) is 7.69. The third-order valence-electron chi connectivity index (χ3n) is 5.15. The maximum absolute atomic E-state index is 12.8. The predicted molar refractivity (Wildman–Crippen MR) is 99.2 cm³/mol. The van der Waals surface area contributed by atoms with Crippen LogP contribution in [-0.2, 0) is 20.7 Å². The van der Waals surface area contributed by atoms with E-state index in [-0.39, 0.29) is 17.6 Å². The highest BCUT2D eigenvalue weighted by Crippen LogP contribution is 2.23. The topological polar surface area (TPSA) is 55.8 Å². The summed E-state index contributed by atoms with van der Waals surface area (Å²) in [5.74, 6) is 0.801. The highest BCUT2D eigenvalue weighted by Gasteiger charge is 2.32. The van der Waals surface area contributed by atoms with Gasteiger partial charge in [-0.3, -0.25) is 9.59 Å². The summed E-state index contributed by atoms with van der Waals surface area (Å²) in [6.07, 6.45) is 1.98. The molecule has 1 amide bonds. The largest absolute Gasteiger partial charge is 0.376 e. The molecule has 2 heterocycles. The fourth-order valence-electron chi connectivity index (χ4n) is 3.71. The summed E-state index contributed by atoms with van der Waals surface area (Å²) in [7, 11) is 0. The van der Waals surface area contributed by atoms with Crippen molar-refractivity contribution in [3.8, 4) is 0 Å². The molecule has 5 heteroatoms. The van der Waals surface area contributed by atoms with Crippen LogP contribution in [0.2, 0.25) is 0 Å². The second-order valence-corrected chi connectivity index (χ2v) is 7.69. The van der Waals surface area contributed by atoms with Gasteiger partial charge in [0.05, 0.1) is 19.8 Å². The quantitative estimate of drug-likeness (QED) is 0.759. The predicted octanol–water partition coefficient (Wildman–Crippen LogP) is 2.72. The third-order valence-corrected chi connectivity index (χ3v) is 5.15. The molecule has 0 N–H and O–H groups in total. The summed E-state index contributed by atoms with van der Waals surface area (Å²) in [5.41, 5.74) is 2.05. The van der Waals surface area contributed by atoms with Crippen molar-refractivity contribution in [1.82, 2.24) is 4.90 Å². The average Bonchev–Trinajstić information content (AvgIpc) is 2.68. The van der Waals surface area contributed by atoms with Crippen molar-refractivity contribution in [2.45, 2.75) is 39.2 Å². The molecular weight excluding hydrogens is 330 g/mol. The van der Waals surface area contributed by atoms with Gasteiger partial charge in [-0.05, 0) is 30.7 Å². The zero-order chi connectivity index (χ0) is 18.5. The first kappa shape index (κ1) is 19.1. The van der Waals surface area contributed by atoms with Gasteiger partial charge in [0.25, 0.3) is 5.91 Å². The van der Waals surface area contributed by atoms with Gasteiger partial charge in [0.2, 0.25) is 0 Å². The van der Waals surface area contributed by atoms with Gasteiger partial charge < -0.3 is 14.4 Å². The molecule has 2 saturated heterocycles. The lowest BCUT2D eigenvalue weighted by molar-refractivity contribution is -0.159. The van der Waals surface area contributed by atoms with E-state index in [0.717, 1.165) is 12.0 Å². The van der Waals surface area contributed by atoms with E-state index in [9.17, 15) is 9.59 Å². The lowest BCUT2D eigenvalue weighted by Crippen LogP contribution is -2.48. The molecule has 0 spiro atoms. The molecule has 0 saturated carbocycles. The summed E-state index contributed by atoms with van der Waals surface area (Å²) in [5, 5.41) is 0. The van der Waals surface area contributed by atoms with Gasteiger partial charge in [-0.1, -0.05) is 38.1 Å². The first-order valence-corrected chi connectivity index (χ1v) is 9.66. The summed E-state index contributed by atoms with van der Waals surface area (Å²) in [6.45, 7) is 6.97. The van der Waals surface area contributed by atoms with Crippen molar-refractivity contribution in [3.05, 3.63) is 35.4 Å². The number of hydrogen-bond acceptors (Lipinski definition) is 4. The van der Waals surface area contributed by atoms with Crippen LogP contribution in [0, 0.1) is 11.8 Å². The van der Waals surface area contributed by atoms with Gasteiger partial charge in [0.15, 0.2) is 11.9 Å².